The fourth-order valence-electron chi connectivity index (χ4n) is 3.42. The highest BCUT2D eigenvalue weighted by atomic mass is 32.1. The predicted molar refractivity (Wildman–Crippen MR) is 119 cm³/mol. The number of anilines is 3. The molecule has 0 atom stereocenters. The molecule has 162 valence electrons. The number of nitrogens with one attached hydrogen (secondary N) is 2. The number of primary amides is 1. The van der Waals surface area contributed by atoms with Crippen molar-refractivity contribution in [2.45, 2.75) is 12.8 Å². The van der Waals surface area contributed by atoms with Gasteiger partial charge in [-0.25, -0.2) is 4.98 Å². The number of nitrogens with two attached hydrogens (primary N) is 1. The zero-order valence-corrected chi connectivity index (χ0v) is 17.8. The van der Waals surface area contributed by atoms with E-state index < -0.39 is 5.91 Å². The lowest BCUT2D eigenvalue weighted by atomic mass is 9.97. The Hall–Kier alpha value is -3.08. The Kier molecular flexibility index (Phi) is 6.70. The standard InChI is InChI=1S/C21H24N6O3S/c22-18(28)17-20(31-21(25-17)24-16-2-1-7-23-12-16)26-19(29)15-5-3-14(4-6-15)13-27-8-10-30-11-9-27/h1-3,5,7,12H,4,6,8-11,13H2,(H2,22,28)(H,24,25)(H,26,29). The third-order valence-electron chi connectivity index (χ3n) is 5.06. The Bertz CT molecular complexity index is 1010. The van der Waals surface area contributed by atoms with E-state index in [0.717, 1.165) is 56.3 Å². The summed E-state index contributed by atoms with van der Waals surface area (Å²) >= 11 is 1.15. The first-order chi connectivity index (χ1) is 15.1. The molecule has 9 nitrogen and oxygen atoms in total. The van der Waals surface area contributed by atoms with E-state index in [0.29, 0.717) is 22.1 Å². The molecule has 1 aliphatic heterocycles. The molecule has 2 aliphatic rings. The lowest BCUT2D eigenvalue weighted by Gasteiger charge is -2.28. The van der Waals surface area contributed by atoms with Gasteiger partial charge in [0.1, 0.15) is 5.00 Å². The molecule has 2 aromatic rings. The van der Waals surface area contributed by atoms with Crippen LogP contribution in [0, 0.1) is 0 Å². The molecule has 4 rings (SSSR count). The number of ether oxygens (including phenoxy) is 1. The van der Waals surface area contributed by atoms with Crippen molar-refractivity contribution in [3.8, 4) is 0 Å². The van der Waals surface area contributed by atoms with E-state index in [4.69, 9.17) is 10.5 Å². The number of allylic oxidation sites excluding steroid dienone is 2. The van der Waals surface area contributed by atoms with Gasteiger partial charge in [0.25, 0.3) is 11.8 Å². The number of morpholine rings is 1. The van der Waals surface area contributed by atoms with Gasteiger partial charge in [-0.3, -0.25) is 19.5 Å². The van der Waals surface area contributed by atoms with Gasteiger partial charge in [-0.15, -0.1) is 0 Å². The average molecular weight is 441 g/mol. The summed E-state index contributed by atoms with van der Waals surface area (Å²) < 4.78 is 5.38. The molecule has 0 spiro atoms. The molecule has 3 heterocycles. The van der Waals surface area contributed by atoms with Crippen LogP contribution in [0.1, 0.15) is 23.3 Å². The molecule has 1 saturated heterocycles. The van der Waals surface area contributed by atoms with Crippen molar-refractivity contribution in [2.75, 3.05) is 43.5 Å². The van der Waals surface area contributed by atoms with Gasteiger partial charge in [-0.05, 0) is 25.0 Å². The predicted octanol–water partition coefficient (Wildman–Crippen LogP) is 2.30. The summed E-state index contributed by atoms with van der Waals surface area (Å²) in [6.07, 6.45) is 8.64. The SMILES string of the molecule is NC(=O)c1nc(Nc2cccnc2)sc1NC(=O)C1=CC=C(CN2CCOCC2)CC1. The largest absolute Gasteiger partial charge is 0.379 e. The number of carbonyl (C=O) groups excluding carboxylic acids is 2. The minimum absolute atomic E-state index is 0.0321. The number of hydrogen-bond donors (Lipinski definition) is 3. The number of thiazole rings is 1. The van der Waals surface area contributed by atoms with Gasteiger partial charge >= 0.3 is 0 Å². The van der Waals surface area contributed by atoms with E-state index >= 15 is 0 Å². The van der Waals surface area contributed by atoms with Crippen molar-refractivity contribution in [1.82, 2.24) is 14.9 Å². The van der Waals surface area contributed by atoms with Crippen LogP contribution >= 0.6 is 11.3 Å². The van der Waals surface area contributed by atoms with Gasteiger partial charge in [0.05, 0.1) is 25.1 Å². The molecule has 2 amide bonds. The molecule has 10 heteroatoms. The van der Waals surface area contributed by atoms with E-state index in [2.05, 4.69) is 25.5 Å². The quantitative estimate of drug-likeness (QED) is 0.604. The van der Waals surface area contributed by atoms with Crippen molar-refractivity contribution in [1.29, 1.82) is 0 Å². The molecule has 0 aromatic carbocycles. The van der Waals surface area contributed by atoms with Crippen molar-refractivity contribution in [3.05, 3.63) is 53.5 Å². The van der Waals surface area contributed by atoms with Crippen LogP contribution in [0.2, 0.25) is 0 Å². The molecular weight excluding hydrogens is 416 g/mol. The van der Waals surface area contributed by atoms with E-state index in [9.17, 15) is 9.59 Å². The minimum Gasteiger partial charge on any atom is -0.379 e. The van der Waals surface area contributed by atoms with E-state index in [-0.39, 0.29) is 11.6 Å². The van der Waals surface area contributed by atoms with E-state index in [1.807, 2.05) is 18.2 Å². The summed E-state index contributed by atoms with van der Waals surface area (Å²) in [4.78, 5) is 35.2. The van der Waals surface area contributed by atoms with E-state index in [1.165, 1.54) is 5.57 Å². The van der Waals surface area contributed by atoms with Crippen LogP contribution in [-0.4, -0.2) is 59.5 Å². The Labute approximate surface area is 184 Å². The monoisotopic (exact) mass is 440 g/mol. The number of carbonyl (C=O) groups is 2. The molecule has 0 unspecified atom stereocenters. The van der Waals surface area contributed by atoms with Crippen LogP contribution in [0.15, 0.2) is 47.8 Å². The van der Waals surface area contributed by atoms with Crippen molar-refractivity contribution < 1.29 is 14.3 Å². The van der Waals surface area contributed by atoms with Crippen molar-refractivity contribution >= 4 is 39.0 Å². The second kappa shape index (κ2) is 9.82. The van der Waals surface area contributed by atoms with Gasteiger partial charge in [-0.2, -0.15) is 0 Å². The highest BCUT2D eigenvalue weighted by molar-refractivity contribution is 7.20. The number of amides is 2. The first-order valence-corrected chi connectivity index (χ1v) is 10.9. The molecule has 0 bridgehead atoms. The Morgan fingerprint density at radius 1 is 1.23 bits per heavy atom. The normalized spacial score (nSPS) is 16.9. The second-order valence-electron chi connectivity index (χ2n) is 7.29. The van der Waals surface area contributed by atoms with Crippen LogP contribution in [0.3, 0.4) is 0 Å². The molecular formula is C21H24N6O3S. The first kappa shape index (κ1) is 21.2. The zero-order chi connectivity index (χ0) is 21.6. The maximum absolute atomic E-state index is 12.8. The number of rotatable bonds is 7. The third-order valence-corrected chi connectivity index (χ3v) is 5.94. The molecule has 0 saturated carbocycles. The molecule has 4 N–H and O–H groups in total. The summed E-state index contributed by atoms with van der Waals surface area (Å²) in [7, 11) is 0. The lowest BCUT2D eigenvalue weighted by Crippen LogP contribution is -2.37. The van der Waals surface area contributed by atoms with Crippen LogP contribution in [0.25, 0.3) is 0 Å². The van der Waals surface area contributed by atoms with Gasteiger partial charge < -0.3 is 21.1 Å². The fourth-order valence-corrected chi connectivity index (χ4v) is 4.30. The van der Waals surface area contributed by atoms with Crippen molar-refractivity contribution in [2.24, 2.45) is 5.73 Å². The van der Waals surface area contributed by atoms with Gasteiger partial charge in [0, 0.05) is 31.4 Å². The van der Waals surface area contributed by atoms with Crippen molar-refractivity contribution in [3.63, 3.8) is 0 Å². The van der Waals surface area contributed by atoms with Gasteiger partial charge in [0.15, 0.2) is 10.8 Å². The second-order valence-corrected chi connectivity index (χ2v) is 8.29. The highest BCUT2D eigenvalue weighted by Gasteiger charge is 2.21. The summed E-state index contributed by atoms with van der Waals surface area (Å²) in [6, 6.07) is 3.61. The molecule has 1 fully saturated rings. The average Bonchev–Trinajstić information content (AvgIpc) is 3.18. The molecule has 1 aliphatic carbocycles. The minimum atomic E-state index is -0.698. The summed E-state index contributed by atoms with van der Waals surface area (Å²) in [6.45, 7) is 4.31. The number of nitrogens with zero attached hydrogens (tertiary/aromatic N) is 3. The first-order valence-electron chi connectivity index (χ1n) is 10.1. The van der Waals surface area contributed by atoms with Crippen LogP contribution < -0.4 is 16.4 Å². The Morgan fingerprint density at radius 3 is 2.74 bits per heavy atom. The molecule has 2 aromatic heterocycles. The number of aromatic nitrogens is 2. The van der Waals surface area contributed by atoms with Gasteiger partial charge in [0.2, 0.25) is 0 Å². The van der Waals surface area contributed by atoms with Crippen LogP contribution in [0.4, 0.5) is 15.8 Å². The Morgan fingerprint density at radius 2 is 2.06 bits per heavy atom. The van der Waals surface area contributed by atoms with Crippen LogP contribution in [-0.2, 0) is 9.53 Å². The third kappa shape index (κ3) is 5.54. The number of pyridine rings is 1. The maximum atomic E-state index is 12.8. The van der Waals surface area contributed by atoms with Gasteiger partial charge in [-0.1, -0.05) is 29.1 Å². The topological polar surface area (TPSA) is 122 Å². The lowest BCUT2D eigenvalue weighted by molar-refractivity contribution is -0.113. The highest BCUT2D eigenvalue weighted by Crippen LogP contribution is 2.31. The Balaban J connectivity index is 1.42. The smallest absolute Gasteiger partial charge is 0.270 e. The zero-order valence-electron chi connectivity index (χ0n) is 17.0. The molecule has 0 radical (unpaired) electrons. The summed E-state index contributed by atoms with van der Waals surface area (Å²) in [5.74, 6) is -0.947. The maximum Gasteiger partial charge on any atom is 0.270 e. The fraction of sp³-hybridized carbons (Fsp3) is 0.333. The van der Waals surface area contributed by atoms with E-state index in [1.54, 1.807) is 18.5 Å². The van der Waals surface area contributed by atoms with Crippen LogP contribution in [0.5, 0.6) is 0 Å². The summed E-state index contributed by atoms with van der Waals surface area (Å²) in [5.41, 5.74) is 8.18. The molecule has 31 heavy (non-hydrogen) atoms. The number of hydrogen-bond acceptors (Lipinski definition) is 8. The summed E-state index contributed by atoms with van der Waals surface area (Å²) in [5, 5.41) is 6.64.